The second kappa shape index (κ2) is 8.92. The van der Waals surface area contributed by atoms with E-state index in [2.05, 4.69) is 16.0 Å². The van der Waals surface area contributed by atoms with Gasteiger partial charge in [-0.05, 0) is 56.3 Å². The molecular weight excluding hydrogens is 372 g/mol. The van der Waals surface area contributed by atoms with E-state index in [4.69, 9.17) is 9.47 Å². The van der Waals surface area contributed by atoms with Crippen LogP contribution in [0.3, 0.4) is 0 Å². The molecule has 0 aliphatic heterocycles. The number of hydrogen-bond donors (Lipinski definition) is 2. The number of hydrogen-bond acceptors (Lipinski definition) is 5. The summed E-state index contributed by atoms with van der Waals surface area (Å²) in [5, 5.41) is 4.41. The number of hydrazine groups is 1. The molecule has 2 aromatic carbocycles. The predicted octanol–water partition coefficient (Wildman–Crippen LogP) is 2.34. The van der Waals surface area contributed by atoms with Crippen LogP contribution >= 0.6 is 0 Å². The molecule has 8 nitrogen and oxygen atoms in total. The molecular formula is C21H22N4O4. The molecule has 0 aliphatic carbocycles. The van der Waals surface area contributed by atoms with E-state index in [0.29, 0.717) is 17.1 Å². The van der Waals surface area contributed by atoms with E-state index >= 15 is 0 Å². The summed E-state index contributed by atoms with van der Waals surface area (Å²) in [6, 6.07) is 15.9. The molecule has 29 heavy (non-hydrogen) atoms. The molecule has 0 bridgehead atoms. The lowest BCUT2D eigenvalue weighted by atomic mass is 10.2. The van der Waals surface area contributed by atoms with Gasteiger partial charge in [0.05, 0.1) is 18.5 Å². The molecule has 8 heteroatoms. The van der Waals surface area contributed by atoms with Crippen molar-refractivity contribution in [2.75, 3.05) is 13.7 Å². The number of nitrogens with zero attached hydrogens (tertiary/aromatic N) is 2. The number of methoxy groups -OCH3 is 1. The summed E-state index contributed by atoms with van der Waals surface area (Å²) in [4.78, 5) is 24.2. The summed E-state index contributed by atoms with van der Waals surface area (Å²) < 4.78 is 12.4. The Hall–Kier alpha value is -3.81. The van der Waals surface area contributed by atoms with E-state index in [-0.39, 0.29) is 6.61 Å². The molecule has 3 rings (SSSR count). The first kappa shape index (κ1) is 19.9. The third-order valence-electron chi connectivity index (χ3n) is 4.13. The van der Waals surface area contributed by atoms with Crippen molar-refractivity contribution in [2.24, 2.45) is 0 Å². The van der Waals surface area contributed by atoms with E-state index < -0.39 is 11.8 Å². The molecule has 150 valence electrons. The lowest BCUT2D eigenvalue weighted by Gasteiger charge is -2.11. The summed E-state index contributed by atoms with van der Waals surface area (Å²) in [6.07, 6.45) is 0. The monoisotopic (exact) mass is 394 g/mol. The van der Waals surface area contributed by atoms with Crippen LogP contribution in [0.1, 0.15) is 21.7 Å². The van der Waals surface area contributed by atoms with E-state index in [0.717, 1.165) is 17.1 Å². The number of aromatic nitrogens is 2. The number of carbonyl (C=O) groups excluding carboxylic acids is 2. The van der Waals surface area contributed by atoms with Crippen LogP contribution in [0.2, 0.25) is 0 Å². The third kappa shape index (κ3) is 4.92. The van der Waals surface area contributed by atoms with E-state index in [9.17, 15) is 9.59 Å². The molecule has 3 aromatic rings. The SMILES string of the molecule is COc1ccccc1OCC(=O)NNC(=O)c1ccc(-n2nc(C)cc2C)cc1. The Balaban J connectivity index is 1.52. The summed E-state index contributed by atoms with van der Waals surface area (Å²) in [7, 11) is 1.52. The highest BCUT2D eigenvalue weighted by molar-refractivity contribution is 5.95. The van der Waals surface area contributed by atoms with Gasteiger partial charge in [-0.1, -0.05) is 12.1 Å². The molecule has 0 fully saturated rings. The molecule has 2 N–H and O–H groups in total. The highest BCUT2D eigenvalue weighted by Gasteiger charge is 2.10. The number of nitrogens with one attached hydrogen (secondary N) is 2. The van der Waals surface area contributed by atoms with Crippen molar-refractivity contribution in [3.05, 3.63) is 71.5 Å². The fraction of sp³-hybridized carbons (Fsp3) is 0.190. The van der Waals surface area contributed by atoms with E-state index in [1.807, 2.05) is 19.9 Å². The minimum Gasteiger partial charge on any atom is -0.493 e. The molecule has 0 saturated carbocycles. The van der Waals surface area contributed by atoms with Crippen molar-refractivity contribution in [3.63, 3.8) is 0 Å². The van der Waals surface area contributed by atoms with Crippen LogP contribution in [0.5, 0.6) is 11.5 Å². The number of aryl methyl sites for hydroxylation is 2. The first-order chi connectivity index (χ1) is 14.0. The van der Waals surface area contributed by atoms with Crippen LogP contribution in [-0.4, -0.2) is 35.3 Å². The van der Waals surface area contributed by atoms with E-state index in [1.54, 1.807) is 53.2 Å². The Morgan fingerprint density at radius 1 is 1.00 bits per heavy atom. The zero-order chi connectivity index (χ0) is 20.8. The lowest BCUT2D eigenvalue weighted by molar-refractivity contribution is -0.123. The van der Waals surface area contributed by atoms with Crippen LogP contribution in [0.15, 0.2) is 54.6 Å². The first-order valence-corrected chi connectivity index (χ1v) is 8.96. The maximum Gasteiger partial charge on any atom is 0.276 e. The molecule has 1 aromatic heterocycles. The molecule has 0 unspecified atom stereocenters. The number of benzene rings is 2. The van der Waals surface area contributed by atoms with Crippen molar-refractivity contribution in [1.29, 1.82) is 0 Å². The Labute approximate surface area is 168 Å². The Bertz CT molecular complexity index is 1010. The second-order valence-corrected chi connectivity index (χ2v) is 6.33. The van der Waals surface area contributed by atoms with Crippen molar-refractivity contribution in [3.8, 4) is 17.2 Å². The molecule has 0 atom stereocenters. The quantitative estimate of drug-likeness (QED) is 0.626. The normalized spacial score (nSPS) is 10.3. The van der Waals surface area contributed by atoms with Gasteiger partial charge in [-0.15, -0.1) is 0 Å². The topological polar surface area (TPSA) is 94.5 Å². The average molecular weight is 394 g/mol. The van der Waals surface area contributed by atoms with Gasteiger partial charge in [0.25, 0.3) is 11.8 Å². The molecule has 0 saturated heterocycles. The number of carbonyl (C=O) groups is 2. The Morgan fingerprint density at radius 3 is 2.31 bits per heavy atom. The van der Waals surface area contributed by atoms with Gasteiger partial charge in [-0.25, -0.2) is 4.68 Å². The third-order valence-corrected chi connectivity index (χ3v) is 4.13. The molecule has 0 radical (unpaired) electrons. The van der Waals surface area contributed by atoms with Crippen molar-refractivity contribution in [2.45, 2.75) is 13.8 Å². The fourth-order valence-corrected chi connectivity index (χ4v) is 2.76. The molecule has 2 amide bonds. The van der Waals surface area contributed by atoms with Crippen molar-refractivity contribution in [1.82, 2.24) is 20.6 Å². The van der Waals surface area contributed by atoms with Gasteiger partial charge in [-0.3, -0.25) is 20.4 Å². The molecule has 1 heterocycles. The van der Waals surface area contributed by atoms with Gasteiger partial charge in [0.1, 0.15) is 0 Å². The number of para-hydroxylation sites is 2. The fourth-order valence-electron chi connectivity index (χ4n) is 2.76. The van der Waals surface area contributed by atoms with Crippen molar-refractivity contribution >= 4 is 11.8 Å². The zero-order valence-corrected chi connectivity index (χ0v) is 16.4. The van der Waals surface area contributed by atoms with Crippen LogP contribution in [0, 0.1) is 13.8 Å². The highest BCUT2D eigenvalue weighted by Crippen LogP contribution is 2.25. The summed E-state index contributed by atoms with van der Waals surface area (Å²) in [5.74, 6) is 0.0299. The van der Waals surface area contributed by atoms with Crippen LogP contribution in [0.25, 0.3) is 5.69 Å². The van der Waals surface area contributed by atoms with Gasteiger partial charge in [-0.2, -0.15) is 5.10 Å². The lowest BCUT2D eigenvalue weighted by Crippen LogP contribution is -2.43. The Morgan fingerprint density at radius 2 is 1.69 bits per heavy atom. The maximum absolute atomic E-state index is 12.2. The smallest absolute Gasteiger partial charge is 0.276 e. The zero-order valence-electron chi connectivity index (χ0n) is 16.4. The van der Waals surface area contributed by atoms with E-state index in [1.165, 1.54) is 7.11 Å². The van der Waals surface area contributed by atoms with Crippen LogP contribution < -0.4 is 20.3 Å². The van der Waals surface area contributed by atoms with Gasteiger partial charge < -0.3 is 9.47 Å². The van der Waals surface area contributed by atoms with Gasteiger partial charge >= 0.3 is 0 Å². The summed E-state index contributed by atoms with van der Waals surface area (Å²) >= 11 is 0. The second-order valence-electron chi connectivity index (χ2n) is 6.33. The highest BCUT2D eigenvalue weighted by atomic mass is 16.5. The summed E-state index contributed by atoms with van der Waals surface area (Å²) in [6.45, 7) is 3.62. The van der Waals surface area contributed by atoms with Crippen LogP contribution in [0.4, 0.5) is 0 Å². The Kier molecular flexibility index (Phi) is 6.13. The van der Waals surface area contributed by atoms with Crippen molar-refractivity contribution < 1.29 is 19.1 Å². The molecule has 0 aliphatic rings. The summed E-state index contributed by atoms with van der Waals surface area (Å²) in [5.41, 5.74) is 7.86. The maximum atomic E-state index is 12.2. The number of amides is 2. The van der Waals surface area contributed by atoms with Gasteiger partial charge in [0.15, 0.2) is 18.1 Å². The van der Waals surface area contributed by atoms with Gasteiger partial charge in [0.2, 0.25) is 0 Å². The minimum atomic E-state index is -0.497. The standard InChI is InChI=1S/C21H22N4O4/c1-14-12-15(2)25(24-14)17-10-8-16(9-11-17)21(27)23-22-20(26)13-29-19-7-5-4-6-18(19)28-3/h4-12H,13H2,1-3H3,(H,22,26)(H,23,27). The van der Waals surface area contributed by atoms with Gasteiger partial charge in [0, 0.05) is 11.3 Å². The average Bonchev–Trinajstić information content (AvgIpc) is 3.08. The molecule has 0 spiro atoms. The predicted molar refractivity (Wildman–Crippen MR) is 107 cm³/mol. The minimum absolute atomic E-state index is 0.266. The van der Waals surface area contributed by atoms with Crippen LogP contribution in [-0.2, 0) is 4.79 Å². The largest absolute Gasteiger partial charge is 0.493 e. The first-order valence-electron chi connectivity index (χ1n) is 8.96. The number of rotatable bonds is 6. The number of ether oxygens (including phenoxy) is 2.